The maximum Gasteiger partial charge on any atom is 0.225 e. The first-order chi connectivity index (χ1) is 13.8. The summed E-state index contributed by atoms with van der Waals surface area (Å²) in [7, 11) is 0. The van der Waals surface area contributed by atoms with Crippen molar-refractivity contribution in [2.24, 2.45) is 0 Å². The van der Waals surface area contributed by atoms with Crippen molar-refractivity contribution < 1.29 is 4.79 Å². The first kappa shape index (κ1) is 18.2. The normalized spacial score (nSPS) is 16.6. The summed E-state index contributed by atoms with van der Waals surface area (Å²) in [5.41, 5.74) is 3.37. The van der Waals surface area contributed by atoms with Gasteiger partial charge in [-0.15, -0.1) is 0 Å². The molecule has 1 fully saturated rings. The van der Waals surface area contributed by atoms with Crippen LogP contribution in [0.25, 0.3) is 11.1 Å². The van der Waals surface area contributed by atoms with Gasteiger partial charge in [-0.3, -0.25) is 4.79 Å². The smallest absolute Gasteiger partial charge is 0.225 e. The summed E-state index contributed by atoms with van der Waals surface area (Å²) >= 11 is 0. The molecule has 1 saturated heterocycles. The molecule has 3 aromatic rings. The maximum atomic E-state index is 12.5. The zero-order valence-electron chi connectivity index (χ0n) is 15.8. The number of nitrogens with one attached hydrogen (secondary N) is 1. The van der Waals surface area contributed by atoms with Crippen molar-refractivity contribution in [1.29, 1.82) is 0 Å². The molecular weight excluding hydrogens is 348 g/mol. The lowest BCUT2D eigenvalue weighted by Gasteiger charge is -2.33. The number of aromatic nitrogens is 2. The number of carbonyl (C=O) groups excluding carboxylic acids is 1. The third-order valence-electron chi connectivity index (χ3n) is 5.05. The van der Waals surface area contributed by atoms with Crippen molar-refractivity contribution in [1.82, 2.24) is 15.3 Å². The average Bonchev–Trinajstić information content (AvgIpc) is 2.76. The van der Waals surface area contributed by atoms with E-state index >= 15 is 0 Å². The van der Waals surface area contributed by atoms with Gasteiger partial charge in [-0.05, 0) is 35.6 Å². The number of hydrogen-bond donors (Lipinski definition) is 1. The molecule has 1 aliphatic heterocycles. The second kappa shape index (κ2) is 8.65. The van der Waals surface area contributed by atoms with Crippen LogP contribution in [-0.4, -0.2) is 35.0 Å². The van der Waals surface area contributed by atoms with Crippen LogP contribution in [0.2, 0.25) is 0 Å². The molecule has 1 unspecified atom stereocenters. The Kier molecular flexibility index (Phi) is 5.61. The van der Waals surface area contributed by atoms with Crippen LogP contribution < -0.4 is 10.2 Å². The number of anilines is 1. The first-order valence-electron chi connectivity index (χ1n) is 9.73. The number of benzene rings is 2. The largest absolute Gasteiger partial charge is 0.351 e. The van der Waals surface area contributed by atoms with Crippen molar-refractivity contribution in [3.63, 3.8) is 0 Å². The van der Waals surface area contributed by atoms with Gasteiger partial charge in [0.2, 0.25) is 11.9 Å². The number of hydrogen-bond acceptors (Lipinski definition) is 4. The van der Waals surface area contributed by atoms with Crippen LogP contribution in [0.15, 0.2) is 73.1 Å². The van der Waals surface area contributed by atoms with Crippen LogP contribution in [0.5, 0.6) is 0 Å². The molecule has 1 atom stereocenters. The molecule has 2 heterocycles. The molecule has 0 saturated carbocycles. The topological polar surface area (TPSA) is 58.1 Å². The van der Waals surface area contributed by atoms with E-state index < -0.39 is 0 Å². The second-order valence-electron chi connectivity index (χ2n) is 7.14. The predicted molar refractivity (Wildman–Crippen MR) is 111 cm³/mol. The number of amides is 1. The lowest BCUT2D eigenvalue weighted by Crippen LogP contribution is -2.48. The highest BCUT2D eigenvalue weighted by Crippen LogP contribution is 2.20. The molecule has 142 valence electrons. The van der Waals surface area contributed by atoms with Crippen molar-refractivity contribution in [2.45, 2.75) is 25.3 Å². The van der Waals surface area contributed by atoms with E-state index in [-0.39, 0.29) is 11.9 Å². The highest BCUT2D eigenvalue weighted by molar-refractivity contribution is 5.79. The Labute approximate surface area is 165 Å². The van der Waals surface area contributed by atoms with E-state index in [0.717, 1.165) is 43.0 Å². The monoisotopic (exact) mass is 372 g/mol. The Balaban J connectivity index is 1.33. The fourth-order valence-corrected chi connectivity index (χ4v) is 3.64. The molecule has 1 N–H and O–H groups in total. The summed E-state index contributed by atoms with van der Waals surface area (Å²) in [6.07, 6.45) is 5.91. The molecule has 1 amide bonds. The molecule has 0 aliphatic carbocycles. The maximum absolute atomic E-state index is 12.5. The van der Waals surface area contributed by atoms with Crippen LogP contribution in [-0.2, 0) is 11.2 Å². The minimum absolute atomic E-state index is 0.0632. The molecule has 2 aromatic carbocycles. The van der Waals surface area contributed by atoms with Gasteiger partial charge in [0.05, 0.1) is 6.42 Å². The van der Waals surface area contributed by atoms with Crippen molar-refractivity contribution in [3.8, 4) is 11.1 Å². The summed E-state index contributed by atoms with van der Waals surface area (Å²) in [6, 6.07) is 20.4. The summed E-state index contributed by atoms with van der Waals surface area (Å²) in [5, 5.41) is 3.18. The van der Waals surface area contributed by atoms with E-state index in [1.165, 1.54) is 5.56 Å². The molecule has 5 heteroatoms. The summed E-state index contributed by atoms with van der Waals surface area (Å²) < 4.78 is 0. The molecule has 0 radical (unpaired) electrons. The third-order valence-corrected chi connectivity index (χ3v) is 5.05. The number of carbonyl (C=O) groups is 1. The molecule has 4 rings (SSSR count). The predicted octanol–water partition coefficient (Wildman–Crippen LogP) is 3.47. The van der Waals surface area contributed by atoms with Gasteiger partial charge in [0.25, 0.3) is 0 Å². The Morgan fingerprint density at radius 2 is 1.68 bits per heavy atom. The van der Waals surface area contributed by atoms with Crippen LogP contribution in [0.3, 0.4) is 0 Å². The second-order valence-corrected chi connectivity index (χ2v) is 7.14. The number of piperidine rings is 1. The van der Waals surface area contributed by atoms with Crippen LogP contribution in [0.1, 0.15) is 18.4 Å². The van der Waals surface area contributed by atoms with Gasteiger partial charge in [0, 0.05) is 31.5 Å². The SMILES string of the molecule is O=C(Cc1ccc(-c2ccccc2)cc1)NC1CCCN(c2ncccn2)C1. The number of nitrogens with zero attached hydrogens (tertiary/aromatic N) is 3. The molecule has 28 heavy (non-hydrogen) atoms. The molecular formula is C23H24N4O. The van der Waals surface area contributed by atoms with E-state index in [0.29, 0.717) is 6.42 Å². The van der Waals surface area contributed by atoms with Crippen molar-refractivity contribution in [2.75, 3.05) is 18.0 Å². The van der Waals surface area contributed by atoms with E-state index in [1.807, 2.05) is 36.4 Å². The van der Waals surface area contributed by atoms with Gasteiger partial charge in [-0.25, -0.2) is 9.97 Å². The zero-order chi connectivity index (χ0) is 19.2. The lowest BCUT2D eigenvalue weighted by molar-refractivity contribution is -0.121. The minimum atomic E-state index is 0.0632. The molecule has 1 aliphatic rings. The quantitative estimate of drug-likeness (QED) is 0.745. The minimum Gasteiger partial charge on any atom is -0.351 e. The van der Waals surface area contributed by atoms with Gasteiger partial charge < -0.3 is 10.2 Å². The average molecular weight is 372 g/mol. The van der Waals surface area contributed by atoms with Gasteiger partial charge in [-0.1, -0.05) is 54.6 Å². The fraction of sp³-hybridized carbons (Fsp3) is 0.261. The Bertz CT molecular complexity index is 897. The Hall–Kier alpha value is -3.21. The summed E-state index contributed by atoms with van der Waals surface area (Å²) in [4.78, 5) is 23.3. The summed E-state index contributed by atoms with van der Waals surface area (Å²) in [5.74, 6) is 0.797. The van der Waals surface area contributed by atoms with Gasteiger partial charge >= 0.3 is 0 Å². The van der Waals surface area contributed by atoms with Crippen LogP contribution in [0, 0.1) is 0 Å². The molecule has 5 nitrogen and oxygen atoms in total. The Morgan fingerprint density at radius 3 is 2.43 bits per heavy atom. The summed E-state index contributed by atoms with van der Waals surface area (Å²) in [6.45, 7) is 1.68. The first-order valence-corrected chi connectivity index (χ1v) is 9.73. The van der Waals surface area contributed by atoms with E-state index in [4.69, 9.17) is 0 Å². The fourth-order valence-electron chi connectivity index (χ4n) is 3.64. The van der Waals surface area contributed by atoms with E-state index in [9.17, 15) is 4.79 Å². The van der Waals surface area contributed by atoms with Crippen LogP contribution >= 0.6 is 0 Å². The zero-order valence-corrected chi connectivity index (χ0v) is 15.8. The molecule has 1 aromatic heterocycles. The standard InChI is InChI=1S/C23H24N4O/c28-22(16-18-9-11-20(12-10-18)19-6-2-1-3-7-19)26-21-8-4-15-27(17-21)23-24-13-5-14-25-23/h1-3,5-7,9-14,21H,4,8,15-17H2,(H,26,28). The van der Waals surface area contributed by atoms with Gasteiger partial charge in [-0.2, -0.15) is 0 Å². The van der Waals surface area contributed by atoms with Crippen molar-refractivity contribution in [3.05, 3.63) is 78.6 Å². The van der Waals surface area contributed by atoms with Gasteiger partial charge in [0.1, 0.15) is 0 Å². The highest BCUT2D eigenvalue weighted by Gasteiger charge is 2.22. The Morgan fingerprint density at radius 1 is 0.964 bits per heavy atom. The highest BCUT2D eigenvalue weighted by atomic mass is 16.1. The third kappa shape index (κ3) is 4.55. The number of rotatable bonds is 5. The van der Waals surface area contributed by atoms with E-state index in [1.54, 1.807) is 12.4 Å². The van der Waals surface area contributed by atoms with E-state index in [2.05, 4.69) is 44.5 Å². The van der Waals surface area contributed by atoms with Gasteiger partial charge in [0.15, 0.2) is 0 Å². The molecule has 0 spiro atoms. The van der Waals surface area contributed by atoms with Crippen LogP contribution in [0.4, 0.5) is 5.95 Å². The van der Waals surface area contributed by atoms with Crippen molar-refractivity contribution >= 4 is 11.9 Å². The lowest BCUT2D eigenvalue weighted by atomic mass is 10.0. The molecule has 0 bridgehead atoms.